The fourth-order valence-electron chi connectivity index (χ4n) is 6.61. The Morgan fingerprint density at radius 1 is 0.351 bits per heavy atom. The zero-order chi connectivity index (χ0) is 41.5. The topological polar surface area (TPSA) is 78.9 Å². The molecule has 330 valence electrons. The predicted octanol–water partition coefficient (Wildman–Crippen LogP) is 15.5. The van der Waals surface area contributed by atoms with E-state index in [0.717, 1.165) is 96.3 Å². The highest BCUT2D eigenvalue weighted by Crippen LogP contribution is 2.14. The van der Waals surface area contributed by atoms with E-state index in [1.165, 1.54) is 103 Å². The molecule has 0 aliphatic carbocycles. The lowest BCUT2D eigenvalue weighted by molar-refractivity contribution is -0.167. The zero-order valence-corrected chi connectivity index (χ0v) is 37.6. The molecule has 6 nitrogen and oxygen atoms in total. The molecule has 0 aliphatic rings. The minimum Gasteiger partial charge on any atom is -0.462 e. The SMILES string of the molecule is CCCC/C=C/CCCCCCCC(=O)OC(COC(=O)CCCCCC/C=C/C/C=C/C/C=C/CCCCC)COC(=O)CCCCCCCCCCCCC. The van der Waals surface area contributed by atoms with E-state index in [2.05, 4.69) is 69.4 Å². The van der Waals surface area contributed by atoms with Crippen LogP contribution in [0.4, 0.5) is 0 Å². The second kappa shape index (κ2) is 46.1. The number of hydrogen-bond donors (Lipinski definition) is 0. The van der Waals surface area contributed by atoms with Crippen molar-refractivity contribution >= 4 is 17.9 Å². The zero-order valence-electron chi connectivity index (χ0n) is 37.6. The Kier molecular flexibility index (Phi) is 43.9. The molecule has 0 radical (unpaired) electrons. The van der Waals surface area contributed by atoms with Gasteiger partial charge < -0.3 is 14.2 Å². The van der Waals surface area contributed by atoms with E-state index >= 15 is 0 Å². The predicted molar refractivity (Wildman–Crippen MR) is 242 cm³/mol. The van der Waals surface area contributed by atoms with Crippen LogP contribution in [0.3, 0.4) is 0 Å². The Morgan fingerprint density at radius 2 is 0.649 bits per heavy atom. The van der Waals surface area contributed by atoms with Crippen molar-refractivity contribution in [2.75, 3.05) is 13.2 Å². The van der Waals surface area contributed by atoms with E-state index < -0.39 is 6.10 Å². The fourth-order valence-corrected chi connectivity index (χ4v) is 6.61. The first-order valence-electron chi connectivity index (χ1n) is 24.1. The van der Waals surface area contributed by atoms with E-state index in [9.17, 15) is 14.4 Å². The van der Waals surface area contributed by atoms with Gasteiger partial charge in [-0.3, -0.25) is 14.4 Å². The number of rotatable bonds is 43. The Bertz CT molecular complexity index is 1010. The summed E-state index contributed by atoms with van der Waals surface area (Å²) < 4.78 is 16.7. The van der Waals surface area contributed by atoms with Crippen molar-refractivity contribution < 1.29 is 28.6 Å². The van der Waals surface area contributed by atoms with Crippen LogP contribution in [-0.2, 0) is 28.6 Å². The lowest BCUT2D eigenvalue weighted by atomic mass is 10.1. The molecular weight excluding hydrogens is 709 g/mol. The van der Waals surface area contributed by atoms with Crippen molar-refractivity contribution in [1.82, 2.24) is 0 Å². The summed E-state index contributed by atoms with van der Waals surface area (Å²) in [5.74, 6) is -0.913. The number of ether oxygens (including phenoxy) is 3. The molecule has 57 heavy (non-hydrogen) atoms. The van der Waals surface area contributed by atoms with Gasteiger partial charge in [-0.25, -0.2) is 0 Å². The number of carbonyl (C=O) groups excluding carboxylic acids is 3. The highest BCUT2D eigenvalue weighted by molar-refractivity contribution is 5.71. The Labute approximate surface area is 352 Å². The molecule has 0 aliphatic heterocycles. The normalized spacial score (nSPS) is 12.4. The smallest absolute Gasteiger partial charge is 0.306 e. The Morgan fingerprint density at radius 3 is 1.09 bits per heavy atom. The van der Waals surface area contributed by atoms with E-state index in [4.69, 9.17) is 14.2 Å². The molecule has 0 fully saturated rings. The molecule has 1 unspecified atom stereocenters. The van der Waals surface area contributed by atoms with Crippen LogP contribution in [-0.4, -0.2) is 37.2 Å². The minimum atomic E-state index is -0.782. The van der Waals surface area contributed by atoms with Gasteiger partial charge in [0.05, 0.1) is 0 Å². The van der Waals surface area contributed by atoms with Crippen LogP contribution in [0, 0.1) is 0 Å². The van der Waals surface area contributed by atoms with Gasteiger partial charge in [0, 0.05) is 19.3 Å². The van der Waals surface area contributed by atoms with Crippen molar-refractivity contribution in [3.05, 3.63) is 48.6 Å². The van der Waals surface area contributed by atoms with Crippen LogP contribution in [0.2, 0.25) is 0 Å². The van der Waals surface area contributed by atoms with E-state index in [0.29, 0.717) is 19.3 Å². The fraction of sp³-hybridized carbons (Fsp3) is 0.784. The molecule has 0 aromatic heterocycles. The quantitative estimate of drug-likeness (QED) is 0.0265. The summed E-state index contributed by atoms with van der Waals surface area (Å²) in [6, 6.07) is 0. The van der Waals surface area contributed by atoms with Crippen molar-refractivity contribution in [2.45, 2.75) is 245 Å². The lowest BCUT2D eigenvalue weighted by Crippen LogP contribution is -2.30. The molecule has 0 spiro atoms. The van der Waals surface area contributed by atoms with Crippen LogP contribution in [0.5, 0.6) is 0 Å². The van der Waals surface area contributed by atoms with Crippen LogP contribution in [0.15, 0.2) is 48.6 Å². The maximum atomic E-state index is 12.7. The molecule has 0 saturated carbocycles. The van der Waals surface area contributed by atoms with Crippen LogP contribution < -0.4 is 0 Å². The largest absolute Gasteiger partial charge is 0.462 e. The molecule has 0 amide bonds. The van der Waals surface area contributed by atoms with Crippen LogP contribution >= 0.6 is 0 Å². The summed E-state index contributed by atoms with van der Waals surface area (Å²) in [5, 5.41) is 0. The third-order valence-corrected chi connectivity index (χ3v) is 10.3. The molecule has 0 aromatic carbocycles. The van der Waals surface area contributed by atoms with Gasteiger partial charge in [-0.15, -0.1) is 0 Å². The van der Waals surface area contributed by atoms with Gasteiger partial charge >= 0.3 is 17.9 Å². The number of esters is 3. The molecule has 1 atom stereocenters. The average Bonchev–Trinajstić information content (AvgIpc) is 3.21. The maximum Gasteiger partial charge on any atom is 0.306 e. The molecule has 0 saturated heterocycles. The standard InChI is InChI=1S/C51H90O6/c1-4-7-10-13-16-19-22-23-24-25-26-27-30-32-35-38-41-44-50(53)56-47-48(57-51(54)45-42-39-36-33-29-21-18-15-12-9-6-3)46-55-49(52)43-40-37-34-31-28-20-17-14-11-8-5-2/h15-16,18-19,23-24,26-27,48H,4-14,17,20-22,25,28-47H2,1-3H3/b18-15+,19-16+,24-23+,27-26+. The summed E-state index contributed by atoms with van der Waals surface area (Å²) in [6.45, 7) is 6.53. The van der Waals surface area contributed by atoms with Gasteiger partial charge in [0.15, 0.2) is 6.10 Å². The Balaban J connectivity index is 4.39. The number of allylic oxidation sites excluding steroid dienone is 8. The molecule has 6 heteroatoms. The minimum absolute atomic E-state index is 0.0822. The summed E-state index contributed by atoms with van der Waals surface area (Å²) in [5.41, 5.74) is 0. The van der Waals surface area contributed by atoms with E-state index in [1.54, 1.807) is 0 Å². The molecule has 0 rings (SSSR count). The van der Waals surface area contributed by atoms with E-state index in [-0.39, 0.29) is 31.1 Å². The summed E-state index contributed by atoms with van der Waals surface area (Å²) >= 11 is 0. The van der Waals surface area contributed by atoms with Gasteiger partial charge in [-0.2, -0.15) is 0 Å². The second-order valence-corrected chi connectivity index (χ2v) is 16.0. The van der Waals surface area contributed by atoms with Gasteiger partial charge in [-0.1, -0.05) is 191 Å². The van der Waals surface area contributed by atoms with Gasteiger partial charge in [0.2, 0.25) is 0 Å². The molecule has 0 N–H and O–H groups in total. The van der Waals surface area contributed by atoms with Gasteiger partial charge in [-0.05, 0) is 77.0 Å². The van der Waals surface area contributed by atoms with Crippen LogP contribution in [0.25, 0.3) is 0 Å². The van der Waals surface area contributed by atoms with Crippen LogP contribution in [0.1, 0.15) is 239 Å². The second-order valence-electron chi connectivity index (χ2n) is 16.0. The first-order valence-corrected chi connectivity index (χ1v) is 24.1. The molecule has 0 aromatic rings. The van der Waals surface area contributed by atoms with Crippen molar-refractivity contribution in [2.24, 2.45) is 0 Å². The summed E-state index contributed by atoms with van der Waals surface area (Å²) in [4.78, 5) is 37.8. The van der Waals surface area contributed by atoms with Gasteiger partial charge in [0.25, 0.3) is 0 Å². The third-order valence-electron chi connectivity index (χ3n) is 10.3. The van der Waals surface area contributed by atoms with E-state index in [1.807, 2.05) is 0 Å². The first kappa shape index (κ1) is 54.4. The highest BCUT2D eigenvalue weighted by atomic mass is 16.6. The van der Waals surface area contributed by atoms with Crippen molar-refractivity contribution in [3.63, 3.8) is 0 Å². The Hall–Kier alpha value is -2.63. The maximum absolute atomic E-state index is 12.7. The molecule has 0 heterocycles. The van der Waals surface area contributed by atoms with Crippen molar-refractivity contribution in [1.29, 1.82) is 0 Å². The summed E-state index contributed by atoms with van der Waals surface area (Å²) in [7, 11) is 0. The molecular formula is C51H90O6. The summed E-state index contributed by atoms with van der Waals surface area (Å²) in [6.07, 6.45) is 53.7. The lowest BCUT2D eigenvalue weighted by Gasteiger charge is -2.18. The number of hydrogen-bond acceptors (Lipinski definition) is 6. The monoisotopic (exact) mass is 799 g/mol. The first-order chi connectivity index (χ1) is 28.0. The number of unbranched alkanes of at least 4 members (excludes halogenated alkanes) is 24. The average molecular weight is 799 g/mol. The number of carbonyl (C=O) groups is 3. The highest BCUT2D eigenvalue weighted by Gasteiger charge is 2.19. The molecule has 0 bridgehead atoms. The third kappa shape index (κ3) is 44.3. The van der Waals surface area contributed by atoms with Crippen molar-refractivity contribution in [3.8, 4) is 0 Å². The van der Waals surface area contributed by atoms with Gasteiger partial charge in [0.1, 0.15) is 13.2 Å².